The van der Waals surface area contributed by atoms with Crippen LogP contribution in [0.5, 0.6) is 5.75 Å². The van der Waals surface area contributed by atoms with Crippen LogP contribution in [0.4, 0.5) is 5.69 Å². The molecule has 180 valence electrons. The lowest BCUT2D eigenvalue weighted by Crippen LogP contribution is -2.22. The maximum atomic E-state index is 12.6. The molecule has 0 unspecified atom stereocenters. The Bertz CT molecular complexity index is 1300. The van der Waals surface area contributed by atoms with Crippen LogP contribution >= 0.6 is 11.8 Å². The number of nitrogens with one attached hydrogen (secondary N) is 2. The van der Waals surface area contributed by atoms with Crippen LogP contribution in [-0.4, -0.2) is 33.7 Å². The van der Waals surface area contributed by atoms with Crippen molar-refractivity contribution in [3.05, 3.63) is 90.1 Å². The summed E-state index contributed by atoms with van der Waals surface area (Å²) < 4.78 is 12.8. The molecule has 0 spiro atoms. The Balaban J connectivity index is 1.36. The molecule has 2 N–H and O–H groups in total. The number of hydrogen-bond acceptors (Lipinski definition) is 6. The molecule has 8 nitrogen and oxygen atoms in total. The minimum absolute atomic E-state index is 0.144. The summed E-state index contributed by atoms with van der Waals surface area (Å²) in [6.45, 7) is 4.68. The van der Waals surface area contributed by atoms with Gasteiger partial charge in [0.1, 0.15) is 17.3 Å². The average Bonchev–Trinajstić information content (AvgIpc) is 3.51. The molecule has 0 atom stereocenters. The highest BCUT2D eigenvalue weighted by molar-refractivity contribution is 7.99. The summed E-state index contributed by atoms with van der Waals surface area (Å²) >= 11 is 1.31. The molecule has 2 heterocycles. The number of carbonyl (C=O) groups excluding carboxylic acids is 2. The summed E-state index contributed by atoms with van der Waals surface area (Å²) in [6.07, 6.45) is 3.47. The van der Waals surface area contributed by atoms with Gasteiger partial charge in [0.2, 0.25) is 5.91 Å². The molecule has 2 aromatic heterocycles. The van der Waals surface area contributed by atoms with E-state index < -0.39 is 0 Å². The second kappa shape index (κ2) is 11.4. The Morgan fingerprint density at radius 2 is 1.94 bits per heavy atom. The van der Waals surface area contributed by atoms with Crippen LogP contribution in [0.2, 0.25) is 0 Å². The Morgan fingerprint density at radius 3 is 2.69 bits per heavy atom. The highest BCUT2D eigenvalue weighted by Gasteiger charge is 2.12. The van der Waals surface area contributed by atoms with Crippen molar-refractivity contribution in [2.75, 3.05) is 17.7 Å². The van der Waals surface area contributed by atoms with Gasteiger partial charge in [-0.3, -0.25) is 14.2 Å². The molecule has 0 radical (unpaired) electrons. The molecule has 35 heavy (non-hydrogen) atoms. The Kier molecular flexibility index (Phi) is 7.89. The number of rotatable bonds is 10. The fourth-order valence-corrected chi connectivity index (χ4v) is 4.14. The van der Waals surface area contributed by atoms with Gasteiger partial charge in [0.15, 0.2) is 5.16 Å². The second-order valence-electron chi connectivity index (χ2n) is 7.62. The number of aromatic nitrogens is 2. The number of anilines is 1. The summed E-state index contributed by atoms with van der Waals surface area (Å²) in [6, 6.07) is 18.2. The first kappa shape index (κ1) is 24.2. The normalized spacial score (nSPS) is 10.7. The first-order chi connectivity index (χ1) is 17.0. The van der Waals surface area contributed by atoms with E-state index in [1.54, 1.807) is 36.7 Å². The van der Waals surface area contributed by atoms with E-state index in [-0.39, 0.29) is 17.6 Å². The fraction of sp³-hybridized carbons (Fsp3) is 0.192. The quantitative estimate of drug-likeness (QED) is 0.309. The smallest absolute Gasteiger partial charge is 0.251 e. The van der Waals surface area contributed by atoms with Crippen molar-refractivity contribution >= 4 is 29.3 Å². The zero-order chi connectivity index (χ0) is 24.6. The van der Waals surface area contributed by atoms with Crippen LogP contribution in [0.15, 0.2) is 82.6 Å². The van der Waals surface area contributed by atoms with Crippen molar-refractivity contribution in [3.8, 4) is 11.4 Å². The van der Waals surface area contributed by atoms with Gasteiger partial charge in [-0.2, -0.15) is 0 Å². The zero-order valence-electron chi connectivity index (χ0n) is 19.5. The molecular weight excluding hydrogens is 464 g/mol. The number of furan rings is 1. The van der Waals surface area contributed by atoms with Crippen molar-refractivity contribution in [2.45, 2.75) is 25.5 Å². The largest absolute Gasteiger partial charge is 0.494 e. The van der Waals surface area contributed by atoms with Gasteiger partial charge in [0, 0.05) is 29.3 Å². The standard InChI is InChI=1S/C26H26N4O4S/c1-3-33-22-11-8-20(9-12-22)29-24(31)17-35-26-27-13-14-30(26)21-6-4-5-19(15-21)25(32)28-16-23-10-7-18(2)34-23/h4-15H,3,16-17H2,1-2H3,(H,28,32)(H,29,31). The number of amides is 2. The minimum Gasteiger partial charge on any atom is -0.494 e. The lowest BCUT2D eigenvalue weighted by atomic mass is 10.2. The van der Waals surface area contributed by atoms with Gasteiger partial charge < -0.3 is 19.8 Å². The molecule has 9 heteroatoms. The first-order valence-corrected chi connectivity index (χ1v) is 12.1. The molecule has 4 rings (SSSR count). The summed E-state index contributed by atoms with van der Waals surface area (Å²) in [7, 11) is 0. The number of benzene rings is 2. The molecule has 0 saturated heterocycles. The number of imidazole rings is 1. The molecule has 0 aliphatic heterocycles. The molecule has 0 saturated carbocycles. The maximum Gasteiger partial charge on any atom is 0.251 e. The molecule has 2 amide bonds. The third-order valence-electron chi connectivity index (χ3n) is 4.99. The number of hydrogen-bond donors (Lipinski definition) is 2. The van der Waals surface area contributed by atoms with Crippen molar-refractivity contribution in [1.82, 2.24) is 14.9 Å². The van der Waals surface area contributed by atoms with E-state index in [0.717, 1.165) is 17.2 Å². The summed E-state index contributed by atoms with van der Waals surface area (Å²) in [5.74, 6) is 2.10. The van der Waals surface area contributed by atoms with E-state index in [4.69, 9.17) is 9.15 Å². The van der Waals surface area contributed by atoms with Crippen LogP contribution in [-0.2, 0) is 11.3 Å². The fourth-order valence-electron chi connectivity index (χ4n) is 3.37. The summed E-state index contributed by atoms with van der Waals surface area (Å²) in [5, 5.41) is 6.39. The van der Waals surface area contributed by atoms with Gasteiger partial charge in [-0.1, -0.05) is 17.8 Å². The topological polar surface area (TPSA) is 98.4 Å². The van der Waals surface area contributed by atoms with E-state index >= 15 is 0 Å². The van der Waals surface area contributed by atoms with Gasteiger partial charge >= 0.3 is 0 Å². The van der Waals surface area contributed by atoms with Crippen LogP contribution in [0, 0.1) is 6.92 Å². The lowest BCUT2D eigenvalue weighted by Gasteiger charge is -2.10. The number of nitrogens with zero attached hydrogens (tertiary/aromatic N) is 2. The highest BCUT2D eigenvalue weighted by atomic mass is 32.2. The van der Waals surface area contributed by atoms with E-state index in [1.807, 2.05) is 54.8 Å². The molecule has 0 bridgehead atoms. The molecule has 0 aliphatic carbocycles. The number of aryl methyl sites for hydroxylation is 1. The lowest BCUT2D eigenvalue weighted by molar-refractivity contribution is -0.113. The zero-order valence-corrected chi connectivity index (χ0v) is 20.3. The minimum atomic E-state index is -0.204. The molecule has 2 aromatic carbocycles. The molecule has 0 aliphatic rings. The predicted octanol–water partition coefficient (Wildman–Crippen LogP) is 4.83. The molecular formula is C26H26N4O4S. The number of ether oxygens (including phenoxy) is 1. The Morgan fingerprint density at radius 1 is 1.11 bits per heavy atom. The van der Waals surface area contributed by atoms with Gasteiger partial charge in [0.25, 0.3) is 5.91 Å². The Hall–Kier alpha value is -3.98. The highest BCUT2D eigenvalue weighted by Crippen LogP contribution is 2.22. The third-order valence-corrected chi connectivity index (χ3v) is 5.96. The van der Waals surface area contributed by atoms with Gasteiger partial charge in [-0.25, -0.2) is 4.98 Å². The van der Waals surface area contributed by atoms with Crippen LogP contribution in [0.3, 0.4) is 0 Å². The van der Waals surface area contributed by atoms with E-state index in [1.165, 1.54) is 11.8 Å². The van der Waals surface area contributed by atoms with Gasteiger partial charge in [-0.15, -0.1) is 0 Å². The summed E-state index contributed by atoms with van der Waals surface area (Å²) in [5.41, 5.74) is 1.99. The third kappa shape index (κ3) is 6.54. The van der Waals surface area contributed by atoms with Crippen molar-refractivity contribution in [2.24, 2.45) is 0 Å². The first-order valence-electron chi connectivity index (χ1n) is 11.1. The molecule has 0 fully saturated rings. The summed E-state index contributed by atoms with van der Waals surface area (Å²) in [4.78, 5) is 29.4. The van der Waals surface area contributed by atoms with Gasteiger partial charge in [-0.05, 0) is 68.4 Å². The SMILES string of the molecule is CCOc1ccc(NC(=O)CSc2nccn2-c2cccc(C(=O)NCc3ccc(C)o3)c2)cc1. The number of thioether (sulfide) groups is 1. The number of carbonyl (C=O) groups is 2. The second-order valence-corrected chi connectivity index (χ2v) is 8.56. The average molecular weight is 491 g/mol. The van der Waals surface area contributed by atoms with Crippen LogP contribution in [0.25, 0.3) is 5.69 Å². The van der Waals surface area contributed by atoms with E-state index in [0.29, 0.717) is 35.3 Å². The predicted molar refractivity (Wildman–Crippen MR) is 135 cm³/mol. The monoisotopic (exact) mass is 490 g/mol. The van der Waals surface area contributed by atoms with Crippen molar-refractivity contribution in [3.63, 3.8) is 0 Å². The van der Waals surface area contributed by atoms with E-state index in [2.05, 4.69) is 15.6 Å². The molecule has 4 aromatic rings. The van der Waals surface area contributed by atoms with Gasteiger partial charge in [0.05, 0.1) is 18.9 Å². The van der Waals surface area contributed by atoms with Crippen molar-refractivity contribution < 1.29 is 18.7 Å². The van der Waals surface area contributed by atoms with Crippen LogP contribution in [0.1, 0.15) is 28.8 Å². The van der Waals surface area contributed by atoms with Crippen molar-refractivity contribution in [1.29, 1.82) is 0 Å². The Labute approximate surface area is 207 Å². The van der Waals surface area contributed by atoms with Crippen LogP contribution < -0.4 is 15.4 Å². The van der Waals surface area contributed by atoms with E-state index in [9.17, 15) is 9.59 Å². The maximum absolute atomic E-state index is 12.6.